The molecular formula is C7H15ClP+. The lowest BCUT2D eigenvalue weighted by Crippen LogP contribution is -1.94. The molecule has 0 aromatic heterocycles. The summed E-state index contributed by atoms with van der Waals surface area (Å²) in [7, 11) is -0.611. The number of hydrogen-bond donors (Lipinski definition) is 0. The standard InChI is InChI=1S/C7H15ClP/c1-4-9(2,3)7-5-6-8/h5-6H,4,7H2,1-3H3/q+1/b6-5-. The minimum Gasteiger partial charge on any atom is -0.0932 e. The summed E-state index contributed by atoms with van der Waals surface area (Å²) in [5, 5.41) is 0. The van der Waals surface area contributed by atoms with Gasteiger partial charge in [0.2, 0.25) is 0 Å². The van der Waals surface area contributed by atoms with Crippen LogP contribution in [0.25, 0.3) is 0 Å². The lowest BCUT2D eigenvalue weighted by atomic mass is 10.8. The Hall–Kier alpha value is 0.460. The van der Waals surface area contributed by atoms with Crippen LogP contribution in [0.15, 0.2) is 11.6 Å². The molecule has 0 rings (SSSR count). The summed E-state index contributed by atoms with van der Waals surface area (Å²) < 4.78 is 0. The zero-order valence-corrected chi connectivity index (χ0v) is 8.04. The van der Waals surface area contributed by atoms with Crippen LogP contribution in [0.2, 0.25) is 0 Å². The normalized spacial score (nSPS) is 12.9. The second-order valence-electron chi connectivity index (χ2n) is 2.80. The van der Waals surface area contributed by atoms with Crippen LogP contribution in [0.5, 0.6) is 0 Å². The SMILES string of the molecule is CC[P+](C)(C)C/C=C\Cl. The Balaban J connectivity index is 3.58. The fraction of sp³-hybridized carbons (Fsp3) is 0.714. The Bertz CT molecular complexity index is 97.1. The third kappa shape index (κ3) is 4.93. The first-order valence-corrected chi connectivity index (χ1v) is 6.68. The molecule has 54 valence electrons. The predicted molar refractivity (Wildman–Crippen MR) is 49.2 cm³/mol. The van der Waals surface area contributed by atoms with Gasteiger partial charge in [0.05, 0.1) is 12.3 Å². The Morgan fingerprint density at radius 1 is 1.44 bits per heavy atom. The van der Waals surface area contributed by atoms with E-state index in [0.717, 1.165) is 0 Å². The van der Waals surface area contributed by atoms with Crippen LogP contribution in [-0.4, -0.2) is 25.7 Å². The molecule has 0 fully saturated rings. The highest BCUT2D eigenvalue weighted by Crippen LogP contribution is 2.50. The van der Waals surface area contributed by atoms with Crippen molar-refractivity contribution in [3.05, 3.63) is 11.6 Å². The molecule has 0 nitrogen and oxygen atoms in total. The van der Waals surface area contributed by atoms with Crippen molar-refractivity contribution in [1.82, 2.24) is 0 Å². The van der Waals surface area contributed by atoms with Gasteiger partial charge in [-0.25, -0.2) is 0 Å². The lowest BCUT2D eigenvalue weighted by molar-refractivity contribution is 1.44. The van der Waals surface area contributed by atoms with Crippen molar-refractivity contribution in [3.63, 3.8) is 0 Å². The van der Waals surface area contributed by atoms with Crippen molar-refractivity contribution < 1.29 is 0 Å². The van der Waals surface area contributed by atoms with Crippen LogP contribution in [0.3, 0.4) is 0 Å². The summed E-state index contributed by atoms with van der Waals surface area (Å²) in [5.74, 6) is 0. The zero-order chi connectivity index (χ0) is 7.33. The topological polar surface area (TPSA) is 0 Å². The van der Waals surface area contributed by atoms with E-state index in [1.807, 2.05) is 0 Å². The second-order valence-corrected chi connectivity index (χ2v) is 7.92. The molecule has 0 aliphatic heterocycles. The lowest BCUT2D eigenvalue weighted by Gasteiger charge is -2.11. The molecule has 0 saturated heterocycles. The molecule has 9 heavy (non-hydrogen) atoms. The molecule has 0 amide bonds. The molecule has 0 saturated carbocycles. The summed E-state index contributed by atoms with van der Waals surface area (Å²) in [6.45, 7) is 6.95. The number of rotatable bonds is 3. The van der Waals surface area contributed by atoms with Crippen LogP contribution in [0.4, 0.5) is 0 Å². The largest absolute Gasteiger partial charge is 0.0932 e. The molecule has 0 aromatic rings. The maximum atomic E-state index is 5.40. The van der Waals surface area contributed by atoms with Crippen molar-refractivity contribution in [2.24, 2.45) is 0 Å². The number of allylic oxidation sites excluding steroid dienone is 1. The summed E-state index contributed by atoms with van der Waals surface area (Å²) in [6, 6.07) is 0. The van der Waals surface area contributed by atoms with E-state index in [1.54, 1.807) is 5.54 Å². The van der Waals surface area contributed by atoms with Gasteiger partial charge >= 0.3 is 0 Å². The van der Waals surface area contributed by atoms with Crippen LogP contribution >= 0.6 is 18.9 Å². The van der Waals surface area contributed by atoms with Crippen LogP contribution < -0.4 is 0 Å². The molecular weight excluding hydrogens is 151 g/mol. The molecule has 0 atom stereocenters. The summed E-state index contributed by atoms with van der Waals surface area (Å²) in [4.78, 5) is 0. The maximum absolute atomic E-state index is 5.40. The minimum atomic E-state index is -0.611. The summed E-state index contributed by atoms with van der Waals surface area (Å²) in [6.07, 6.45) is 4.56. The molecule has 0 aliphatic rings. The summed E-state index contributed by atoms with van der Waals surface area (Å²) >= 11 is 5.40. The van der Waals surface area contributed by atoms with E-state index < -0.39 is 7.26 Å². The first-order valence-electron chi connectivity index (χ1n) is 3.19. The second kappa shape index (κ2) is 4.30. The Labute approximate surface area is 63.6 Å². The van der Waals surface area contributed by atoms with Crippen LogP contribution in [0, 0.1) is 0 Å². The number of halogens is 1. The summed E-state index contributed by atoms with van der Waals surface area (Å²) in [5.41, 5.74) is 1.62. The first kappa shape index (κ1) is 9.46. The molecule has 0 aliphatic carbocycles. The molecule has 0 bridgehead atoms. The third-order valence-corrected chi connectivity index (χ3v) is 4.63. The fourth-order valence-corrected chi connectivity index (χ4v) is 1.60. The fourth-order valence-electron chi connectivity index (χ4n) is 0.454. The Morgan fingerprint density at radius 2 is 2.00 bits per heavy atom. The number of hydrogen-bond acceptors (Lipinski definition) is 0. The van der Waals surface area contributed by atoms with E-state index in [2.05, 4.69) is 26.3 Å². The van der Waals surface area contributed by atoms with Gasteiger partial charge in [-0.05, 0) is 13.0 Å². The average molecular weight is 166 g/mol. The van der Waals surface area contributed by atoms with Crippen molar-refractivity contribution in [3.8, 4) is 0 Å². The van der Waals surface area contributed by atoms with Gasteiger partial charge in [-0.15, -0.1) is 0 Å². The van der Waals surface area contributed by atoms with Crippen molar-refractivity contribution in [2.75, 3.05) is 25.7 Å². The van der Waals surface area contributed by atoms with Gasteiger partial charge in [0, 0.05) is 26.1 Å². The van der Waals surface area contributed by atoms with Crippen LogP contribution in [0.1, 0.15) is 6.92 Å². The molecule has 0 spiro atoms. The molecule has 0 unspecified atom stereocenters. The minimum absolute atomic E-state index is 0.611. The van der Waals surface area contributed by atoms with E-state index in [9.17, 15) is 0 Å². The molecule has 2 heteroatoms. The van der Waals surface area contributed by atoms with Gasteiger partial charge in [0.1, 0.15) is 0 Å². The quantitative estimate of drug-likeness (QED) is 0.564. The predicted octanol–water partition coefficient (Wildman–Crippen LogP) is 3.04. The molecule has 0 N–H and O–H groups in total. The highest BCUT2D eigenvalue weighted by molar-refractivity contribution is 7.74. The van der Waals surface area contributed by atoms with Crippen molar-refractivity contribution >= 4 is 18.9 Å². The molecule has 0 heterocycles. The molecule has 0 radical (unpaired) electrons. The van der Waals surface area contributed by atoms with Gasteiger partial charge in [0.25, 0.3) is 0 Å². The van der Waals surface area contributed by atoms with Gasteiger partial charge in [-0.3, -0.25) is 0 Å². The van der Waals surface area contributed by atoms with E-state index >= 15 is 0 Å². The van der Waals surface area contributed by atoms with Crippen molar-refractivity contribution in [1.29, 1.82) is 0 Å². The van der Waals surface area contributed by atoms with Gasteiger partial charge in [0.15, 0.2) is 0 Å². The van der Waals surface area contributed by atoms with Crippen LogP contribution in [-0.2, 0) is 0 Å². The van der Waals surface area contributed by atoms with Gasteiger partial charge < -0.3 is 0 Å². The van der Waals surface area contributed by atoms with E-state index in [0.29, 0.717) is 0 Å². The maximum Gasteiger partial charge on any atom is 0.0779 e. The smallest absolute Gasteiger partial charge is 0.0779 e. The van der Waals surface area contributed by atoms with E-state index in [1.165, 1.54) is 12.3 Å². The Kier molecular flexibility index (Phi) is 4.52. The zero-order valence-electron chi connectivity index (χ0n) is 6.39. The van der Waals surface area contributed by atoms with Crippen molar-refractivity contribution in [2.45, 2.75) is 6.92 Å². The third-order valence-electron chi connectivity index (χ3n) is 1.54. The van der Waals surface area contributed by atoms with E-state index in [-0.39, 0.29) is 0 Å². The van der Waals surface area contributed by atoms with Gasteiger partial charge in [-0.2, -0.15) is 0 Å². The molecule has 0 aromatic carbocycles. The Morgan fingerprint density at radius 3 is 2.33 bits per heavy atom. The van der Waals surface area contributed by atoms with E-state index in [4.69, 9.17) is 11.6 Å². The monoisotopic (exact) mass is 165 g/mol. The highest BCUT2D eigenvalue weighted by atomic mass is 35.5. The first-order chi connectivity index (χ1) is 4.12. The highest BCUT2D eigenvalue weighted by Gasteiger charge is 2.18. The average Bonchev–Trinajstić information content (AvgIpc) is 1.84. The van der Waals surface area contributed by atoms with Gasteiger partial charge in [-0.1, -0.05) is 11.6 Å².